The van der Waals surface area contributed by atoms with Gasteiger partial charge in [-0.05, 0) is 55.7 Å². The number of ketones is 3. The number of Topliss-reactive ketones (excluding diaryl/α,β-unsaturated/α-hetero) is 1. The predicted octanol–water partition coefficient (Wildman–Crippen LogP) is 4.78. The Hall–Kier alpha value is -3.87. The van der Waals surface area contributed by atoms with Crippen molar-refractivity contribution in [3.05, 3.63) is 76.0 Å². The normalized spacial score (nSPS) is 28.4. The topological polar surface area (TPSA) is 183 Å². The standard InChI is InChI=1S/C39H41N3O11S2/c1-18(43)20-15-22-30(25(16-20)52-28-17-24-37(19(2)51-28)53-38-39(49-3)50-13-12-42(24)38)36(48)32-31(34(22)46)33(45)21-7-6-8-23(29(21)35(32)47)41-26(44)10-14-54-55-27-9-4-5-11-40-27/h4-9,11,19-20,24-25,28,37-39,46,48H,10,12-17H2,1-3H3,(H,41,44)/t19-,20+,24-,25-,28-,37+,38+,39-/m0/s1. The lowest BCUT2D eigenvalue weighted by molar-refractivity contribution is -0.254. The Morgan fingerprint density at radius 1 is 1.04 bits per heavy atom. The summed E-state index contributed by atoms with van der Waals surface area (Å²) in [5.41, 5.74) is -0.410. The maximum atomic E-state index is 14.4. The molecule has 16 heteroatoms. The fourth-order valence-electron chi connectivity index (χ4n) is 8.42. The van der Waals surface area contributed by atoms with Gasteiger partial charge in [-0.2, -0.15) is 0 Å². The Balaban J connectivity index is 1.07. The second kappa shape index (κ2) is 15.6. The molecule has 55 heavy (non-hydrogen) atoms. The first-order valence-electron chi connectivity index (χ1n) is 18.3. The number of hydrogen-bond acceptors (Lipinski definition) is 15. The van der Waals surface area contributed by atoms with Crippen molar-refractivity contribution in [3.8, 4) is 11.5 Å². The number of hydrogen-bond donors (Lipinski definition) is 3. The molecule has 2 aliphatic carbocycles. The molecule has 290 valence electrons. The highest BCUT2D eigenvalue weighted by Crippen LogP contribution is 2.52. The lowest BCUT2D eigenvalue weighted by atomic mass is 9.73. The molecule has 0 saturated carbocycles. The number of amides is 1. The van der Waals surface area contributed by atoms with Crippen LogP contribution in [0.3, 0.4) is 0 Å². The number of anilines is 1. The number of phenols is 2. The average molecular weight is 792 g/mol. The van der Waals surface area contributed by atoms with Crippen LogP contribution < -0.4 is 5.32 Å². The van der Waals surface area contributed by atoms with Crippen LogP contribution >= 0.6 is 21.6 Å². The van der Waals surface area contributed by atoms with Gasteiger partial charge in [0.05, 0.1) is 41.2 Å². The summed E-state index contributed by atoms with van der Waals surface area (Å²) >= 11 is 0. The zero-order valence-electron chi connectivity index (χ0n) is 30.4. The van der Waals surface area contributed by atoms with Crippen LogP contribution in [0.2, 0.25) is 0 Å². The summed E-state index contributed by atoms with van der Waals surface area (Å²) in [6.45, 7) is 4.42. The Kier molecular flexibility index (Phi) is 10.8. The lowest BCUT2D eigenvalue weighted by Crippen LogP contribution is -2.55. The molecule has 3 aliphatic heterocycles. The zero-order chi connectivity index (χ0) is 38.5. The minimum atomic E-state index is -0.974. The third kappa shape index (κ3) is 6.96. The van der Waals surface area contributed by atoms with Crippen molar-refractivity contribution in [2.75, 3.05) is 31.3 Å². The van der Waals surface area contributed by atoms with E-state index in [1.165, 1.54) is 40.6 Å². The van der Waals surface area contributed by atoms with Crippen LogP contribution in [0.15, 0.2) is 47.6 Å². The molecule has 0 unspecified atom stereocenters. The molecule has 2 aromatic carbocycles. The smallest absolute Gasteiger partial charge is 0.225 e. The third-order valence-corrected chi connectivity index (χ3v) is 13.3. The van der Waals surface area contributed by atoms with Gasteiger partial charge in [-0.25, -0.2) is 4.98 Å². The molecule has 0 spiro atoms. The number of phenolic OH excluding ortho intramolecular Hbond substituents is 2. The molecule has 4 heterocycles. The molecule has 0 bridgehead atoms. The highest BCUT2D eigenvalue weighted by atomic mass is 33.1. The zero-order valence-corrected chi connectivity index (χ0v) is 32.0. The van der Waals surface area contributed by atoms with E-state index in [4.69, 9.17) is 23.7 Å². The highest BCUT2D eigenvalue weighted by Gasteiger charge is 2.54. The van der Waals surface area contributed by atoms with Gasteiger partial charge >= 0.3 is 0 Å². The number of nitrogens with zero attached hydrogens (tertiary/aromatic N) is 2. The Bertz CT molecular complexity index is 2030. The first kappa shape index (κ1) is 38.0. The van der Waals surface area contributed by atoms with Gasteiger partial charge < -0.3 is 39.2 Å². The van der Waals surface area contributed by atoms with Crippen LogP contribution in [-0.2, 0) is 39.7 Å². The second-order valence-corrected chi connectivity index (χ2v) is 16.7. The van der Waals surface area contributed by atoms with E-state index >= 15 is 0 Å². The Labute approximate surface area is 325 Å². The minimum absolute atomic E-state index is 0.0215. The molecule has 8 atom stereocenters. The van der Waals surface area contributed by atoms with Gasteiger partial charge in [0.25, 0.3) is 0 Å². The molecule has 14 nitrogen and oxygen atoms in total. The number of fused-ring (bicyclic) bond motifs is 6. The predicted molar refractivity (Wildman–Crippen MR) is 200 cm³/mol. The molecular formula is C39H41N3O11S2. The summed E-state index contributed by atoms with van der Waals surface area (Å²) in [6.07, 6.45) is -1.03. The number of carbonyl (C=O) groups is 4. The largest absolute Gasteiger partial charge is 0.507 e. The first-order chi connectivity index (χ1) is 26.5. The van der Waals surface area contributed by atoms with Crippen LogP contribution in [-0.4, -0.2) is 106 Å². The number of carbonyl (C=O) groups excluding carboxylic acids is 4. The number of pyridine rings is 1. The minimum Gasteiger partial charge on any atom is -0.507 e. The van der Waals surface area contributed by atoms with E-state index in [-0.39, 0.29) is 82.2 Å². The fourth-order valence-corrected chi connectivity index (χ4v) is 10.3. The van der Waals surface area contributed by atoms with E-state index in [0.717, 1.165) is 5.03 Å². The van der Waals surface area contributed by atoms with E-state index in [2.05, 4.69) is 15.2 Å². The molecule has 3 aromatic rings. The average Bonchev–Trinajstić information content (AvgIpc) is 3.56. The van der Waals surface area contributed by atoms with Crippen LogP contribution in [0.5, 0.6) is 11.5 Å². The molecule has 5 aliphatic rings. The number of methoxy groups -OCH3 is 1. The van der Waals surface area contributed by atoms with E-state index in [9.17, 15) is 29.4 Å². The van der Waals surface area contributed by atoms with Crippen LogP contribution in [0.1, 0.15) is 82.2 Å². The number of aromatic hydroxyl groups is 2. The van der Waals surface area contributed by atoms with E-state index in [1.54, 1.807) is 19.4 Å². The quantitative estimate of drug-likeness (QED) is 0.113. The Morgan fingerprint density at radius 2 is 1.85 bits per heavy atom. The van der Waals surface area contributed by atoms with Crippen LogP contribution in [0.4, 0.5) is 5.69 Å². The summed E-state index contributed by atoms with van der Waals surface area (Å²) in [5, 5.41) is 27.4. The molecule has 3 N–H and O–H groups in total. The van der Waals surface area contributed by atoms with Crippen molar-refractivity contribution in [1.82, 2.24) is 9.88 Å². The van der Waals surface area contributed by atoms with Crippen molar-refractivity contribution in [3.63, 3.8) is 0 Å². The molecule has 1 aromatic heterocycles. The second-order valence-electron chi connectivity index (χ2n) is 14.2. The summed E-state index contributed by atoms with van der Waals surface area (Å²) in [6, 6.07) is 9.99. The van der Waals surface area contributed by atoms with Gasteiger partial charge in [-0.3, -0.25) is 24.1 Å². The molecular weight excluding hydrogens is 751 g/mol. The summed E-state index contributed by atoms with van der Waals surface area (Å²) in [7, 11) is 4.47. The number of aromatic nitrogens is 1. The van der Waals surface area contributed by atoms with Gasteiger partial charge in [0, 0.05) is 67.1 Å². The van der Waals surface area contributed by atoms with Crippen molar-refractivity contribution in [1.29, 1.82) is 0 Å². The molecule has 3 saturated heterocycles. The number of morpholine rings is 1. The fraction of sp³-hybridized carbons (Fsp3) is 0.462. The number of ether oxygens (including phenoxy) is 5. The van der Waals surface area contributed by atoms with Gasteiger partial charge in [0.15, 0.2) is 30.4 Å². The molecule has 0 radical (unpaired) electrons. The third-order valence-electron chi connectivity index (χ3n) is 11.0. The van der Waals surface area contributed by atoms with E-state index in [0.29, 0.717) is 25.3 Å². The van der Waals surface area contributed by atoms with Crippen LogP contribution in [0.25, 0.3) is 0 Å². The highest BCUT2D eigenvalue weighted by molar-refractivity contribution is 8.76. The first-order valence-corrected chi connectivity index (χ1v) is 20.6. The maximum Gasteiger partial charge on any atom is 0.225 e. The molecule has 8 rings (SSSR count). The van der Waals surface area contributed by atoms with Gasteiger partial charge in [-0.15, -0.1) is 0 Å². The van der Waals surface area contributed by atoms with E-state index in [1.807, 2.05) is 25.1 Å². The Morgan fingerprint density at radius 3 is 2.62 bits per heavy atom. The number of rotatable bonds is 10. The van der Waals surface area contributed by atoms with Crippen molar-refractivity contribution >= 4 is 50.5 Å². The monoisotopic (exact) mass is 791 g/mol. The molecule has 1 amide bonds. The van der Waals surface area contributed by atoms with Gasteiger partial charge in [-0.1, -0.05) is 29.0 Å². The SMILES string of the molecule is CO[C@H]1OCCN2[C@@H]1O[C@@H]1[C@H](C)O[C@@H](O[C@H]3C[C@H](C(C)=O)Cc4c(O)c5c(c(O)c43)C(=O)c3c(NC(=O)CCSSc4ccccn4)cccc3C5=O)C[C@@H]12. The van der Waals surface area contributed by atoms with Crippen molar-refractivity contribution < 1.29 is 53.1 Å². The maximum absolute atomic E-state index is 14.4. The van der Waals surface area contributed by atoms with Crippen LogP contribution in [0, 0.1) is 5.92 Å². The van der Waals surface area contributed by atoms with Crippen molar-refractivity contribution in [2.24, 2.45) is 5.92 Å². The lowest BCUT2D eigenvalue weighted by Gasteiger charge is -2.42. The van der Waals surface area contributed by atoms with Gasteiger partial charge in [0.1, 0.15) is 28.4 Å². The summed E-state index contributed by atoms with van der Waals surface area (Å²) in [5.74, 6) is -3.07. The molecule has 3 fully saturated rings. The summed E-state index contributed by atoms with van der Waals surface area (Å²) < 4.78 is 30.5. The number of nitrogens with one attached hydrogen (secondary N) is 1. The number of benzene rings is 2. The van der Waals surface area contributed by atoms with Gasteiger partial charge in [0.2, 0.25) is 5.91 Å². The van der Waals surface area contributed by atoms with E-state index < -0.39 is 60.0 Å². The van der Waals surface area contributed by atoms with Crippen molar-refractivity contribution in [2.45, 2.75) is 87.7 Å². The summed E-state index contributed by atoms with van der Waals surface area (Å²) in [4.78, 5) is 60.9.